The fourth-order valence-electron chi connectivity index (χ4n) is 2.81. The number of hydrogen-bond donors (Lipinski definition) is 1. The normalized spacial score (nSPS) is 22.9. The number of aromatic nitrogens is 2. The number of hydrogen-bond acceptors (Lipinski definition) is 2. The van der Waals surface area contributed by atoms with Crippen LogP contribution in [0.4, 0.5) is 4.39 Å². The maximum atomic E-state index is 13.5. The first-order chi connectivity index (χ1) is 9.65. The summed E-state index contributed by atoms with van der Waals surface area (Å²) in [7, 11) is 0. The third-order valence-corrected chi connectivity index (χ3v) is 4.13. The fraction of sp³-hybridized carbons (Fsp3) is 0.400. The van der Waals surface area contributed by atoms with Crippen molar-refractivity contribution in [3.8, 4) is 5.69 Å². The maximum absolute atomic E-state index is 13.5. The molecule has 0 bridgehead atoms. The second-order valence-corrected chi connectivity index (χ2v) is 5.74. The molecular formula is C15H17ClFN3. The van der Waals surface area contributed by atoms with E-state index in [1.807, 2.05) is 10.8 Å². The van der Waals surface area contributed by atoms with E-state index in [0.717, 1.165) is 12.1 Å². The van der Waals surface area contributed by atoms with Crippen LogP contribution in [0, 0.1) is 5.82 Å². The highest BCUT2D eigenvalue weighted by Crippen LogP contribution is 2.29. The van der Waals surface area contributed by atoms with Crippen LogP contribution in [0.2, 0.25) is 5.02 Å². The lowest BCUT2D eigenvalue weighted by molar-refractivity contribution is 0.334. The van der Waals surface area contributed by atoms with E-state index in [9.17, 15) is 4.39 Å². The SMILES string of the molecule is CC1CCCC(c2cncn2-c2cc(F)ccc2Cl)N1. The molecule has 1 saturated heterocycles. The second-order valence-electron chi connectivity index (χ2n) is 5.34. The molecule has 2 unspecified atom stereocenters. The van der Waals surface area contributed by atoms with Gasteiger partial charge in [-0.1, -0.05) is 11.6 Å². The first-order valence-corrected chi connectivity index (χ1v) is 7.26. The van der Waals surface area contributed by atoms with Gasteiger partial charge in [-0.2, -0.15) is 0 Å². The van der Waals surface area contributed by atoms with Crippen LogP contribution in [-0.4, -0.2) is 15.6 Å². The lowest BCUT2D eigenvalue weighted by atomic mass is 9.97. The zero-order valence-electron chi connectivity index (χ0n) is 11.3. The van der Waals surface area contributed by atoms with Crippen LogP contribution in [0.25, 0.3) is 5.69 Å². The fourth-order valence-corrected chi connectivity index (χ4v) is 3.01. The number of nitrogens with zero attached hydrogens (tertiary/aromatic N) is 2. The molecule has 2 heterocycles. The van der Waals surface area contributed by atoms with E-state index in [-0.39, 0.29) is 11.9 Å². The van der Waals surface area contributed by atoms with Crippen molar-refractivity contribution in [2.45, 2.75) is 38.3 Å². The monoisotopic (exact) mass is 293 g/mol. The molecule has 1 fully saturated rings. The lowest BCUT2D eigenvalue weighted by Gasteiger charge is -2.29. The minimum absolute atomic E-state index is 0.237. The highest BCUT2D eigenvalue weighted by Gasteiger charge is 2.23. The Morgan fingerprint density at radius 3 is 3.05 bits per heavy atom. The van der Waals surface area contributed by atoms with Gasteiger partial charge < -0.3 is 9.88 Å². The van der Waals surface area contributed by atoms with Gasteiger partial charge in [0, 0.05) is 12.1 Å². The van der Waals surface area contributed by atoms with Crippen molar-refractivity contribution in [1.29, 1.82) is 0 Å². The molecule has 20 heavy (non-hydrogen) atoms. The van der Waals surface area contributed by atoms with Crippen LogP contribution in [0.1, 0.15) is 37.9 Å². The van der Waals surface area contributed by atoms with Gasteiger partial charge in [0.15, 0.2) is 0 Å². The van der Waals surface area contributed by atoms with Gasteiger partial charge in [0.2, 0.25) is 0 Å². The Morgan fingerprint density at radius 1 is 1.40 bits per heavy atom. The standard InChI is InChI=1S/C15H17ClFN3/c1-10-3-2-4-13(19-10)15-8-18-9-20(15)14-7-11(17)5-6-12(14)16/h5-10,13,19H,2-4H2,1H3. The molecule has 2 aromatic rings. The van der Waals surface area contributed by atoms with Gasteiger partial charge in [-0.05, 0) is 44.4 Å². The molecule has 1 aliphatic heterocycles. The molecule has 0 aliphatic carbocycles. The maximum Gasteiger partial charge on any atom is 0.125 e. The molecule has 106 valence electrons. The van der Waals surface area contributed by atoms with Crippen LogP contribution in [0.15, 0.2) is 30.7 Å². The van der Waals surface area contributed by atoms with Gasteiger partial charge in [-0.25, -0.2) is 9.37 Å². The summed E-state index contributed by atoms with van der Waals surface area (Å²) in [5, 5.41) is 4.09. The minimum Gasteiger partial charge on any atom is -0.306 e. The van der Waals surface area contributed by atoms with Gasteiger partial charge >= 0.3 is 0 Å². The third-order valence-electron chi connectivity index (χ3n) is 3.81. The quantitative estimate of drug-likeness (QED) is 0.911. The third kappa shape index (κ3) is 2.58. The largest absolute Gasteiger partial charge is 0.306 e. The van der Waals surface area contributed by atoms with E-state index in [1.165, 1.54) is 25.0 Å². The zero-order chi connectivity index (χ0) is 14.1. The Balaban J connectivity index is 1.99. The van der Waals surface area contributed by atoms with Crippen molar-refractivity contribution in [2.75, 3.05) is 0 Å². The molecule has 0 saturated carbocycles. The number of nitrogens with one attached hydrogen (secondary N) is 1. The van der Waals surface area contributed by atoms with Crippen molar-refractivity contribution in [3.05, 3.63) is 47.3 Å². The molecule has 1 aromatic heterocycles. The number of imidazole rings is 1. The molecule has 1 N–H and O–H groups in total. The zero-order valence-corrected chi connectivity index (χ0v) is 12.1. The van der Waals surface area contributed by atoms with Gasteiger partial charge in [-0.15, -0.1) is 0 Å². The summed E-state index contributed by atoms with van der Waals surface area (Å²) >= 11 is 6.19. The van der Waals surface area contributed by atoms with Gasteiger partial charge in [-0.3, -0.25) is 0 Å². The van der Waals surface area contributed by atoms with Gasteiger partial charge in [0.25, 0.3) is 0 Å². The first kappa shape index (κ1) is 13.6. The summed E-state index contributed by atoms with van der Waals surface area (Å²) in [5.74, 6) is -0.297. The first-order valence-electron chi connectivity index (χ1n) is 6.89. The number of halogens is 2. The predicted molar refractivity (Wildman–Crippen MR) is 77.7 cm³/mol. The summed E-state index contributed by atoms with van der Waals surface area (Å²) in [4.78, 5) is 4.21. The molecule has 2 atom stereocenters. The number of benzene rings is 1. The highest BCUT2D eigenvalue weighted by molar-refractivity contribution is 6.32. The van der Waals surface area contributed by atoms with Crippen LogP contribution in [-0.2, 0) is 0 Å². The van der Waals surface area contributed by atoms with Crippen LogP contribution in [0.5, 0.6) is 0 Å². The van der Waals surface area contributed by atoms with Crippen molar-refractivity contribution in [3.63, 3.8) is 0 Å². The Labute approximate surface area is 122 Å². The Hall–Kier alpha value is -1.39. The predicted octanol–water partition coefficient (Wildman–Crippen LogP) is 3.87. The topological polar surface area (TPSA) is 29.9 Å². The van der Waals surface area contributed by atoms with E-state index in [0.29, 0.717) is 16.8 Å². The summed E-state index contributed by atoms with van der Waals surface area (Å²) in [5.41, 5.74) is 1.67. The van der Waals surface area contributed by atoms with E-state index in [2.05, 4.69) is 17.2 Å². The summed E-state index contributed by atoms with van der Waals surface area (Å²) in [6, 6.07) is 5.11. The van der Waals surface area contributed by atoms with Crippen LogP contribution >= 0.6 is 11.6 Å². The molecule has 0 spiro atoms. The van der Waals surface area contributed by atoms with Gasteiger partial charge in [0.1, 0.15) is 5.82 Å². The highest BCUT2D eigenvalue weighted by atomic mass is 35.5. The van der Waals surface area contributed by atoms with Crippen molar-refractivity contribution in [2.24, 2.45) is 0 Å². The number of rotatable bonds is 2. The summed E-state index contributed by atoms with van der Waals surface area (Å²) in [6.07, 6.45) is 6.95. The summed E-state index contributed by atoms with van der Waals surface area (Å²) in [6.45, 7) is 2.18. The smallest absolute Gasteiger partial charge is 0.125 e. The van der Waals surface area contributed by atoms with Crippen LogP contribution < -0.4 is 5.32 Å². The van der Waals surface area contributed by atoms with E-state index in [4.69, 9.17) is 11.6 Å². The molecular weight excluding hydrogens is 277 g/mol. The van der Waals surface area contributed by atoms with Gasteiger partial charge in [0.05, 0.1) is 28.9 Å². The molecule has 0 radical (unpaired) electrons. The molecule has 1 aromatic carbocycles. The van der Waals surface area contributed by atoms with Crippen molar-refractivity contribution in [1.82, 2.24) is 14.9 Å². The molecule has 3 nitrogen and oxygen atoms in total. The molecule has 3 rings (SSSR count). The van der Waals surface area contributed by atoms with Crippen molar-refractivity contribution >= 4 is 11.6 Å². The molecule has 5 heteroatoms. The average molecular weight is 294 g/mol. The Morgan fingerprint density at radius 2 is 2.25 bits per heavy atom. The average Bonchev–Trinajstić information content (AvgIpc) is 2.90. The Bertz CT molecular complexity index is 611. The summed E-state index contributed by atoms with van der Waals surface area (Å²) < 4.78 is 15.3. The lowest BCUT2D eigenvalue weighted by Crippen LogP contribution is -2.35. The number of piperidine rings is 1. The molecule has 1 aliphatic rings. The van der Waals surface area contributed by atoms with E-state index in [1.54, 1.807) is 12.4 Å². The second kappa shape index (κ2) is 5.54. The molecule has 0 amide bonds. The van der Waals surface area contributed by atoms with E-state index < -0.39 is 0 Å². The van der Waals surface area contributed by atoms with Crippen molar-refractivity contribution < 1.29 is 4.39 Å². The van der Waals surface area contributed by atoms with Crippen LogP contribution in [0.3, 0.4) is 0 Å². The van der Waals surface area contributed by atoms with E-state index >= 15 is 0 Å². The minimum atomic E-state index is -0.297. The Kier molecular flexibility index (Phi) is 3.76.